The average molecular weight is 265 g/mol. The Balaban J connectivity index is 1.77. The number of nitrogens with two attached hydrogens (primary N) is 1. The number of aromatic nitrogens is 2. The molecule has 0 atom stereocenters. The standard InChI is InChI=1S/C13H23N5O/c1-17-12(11(14)10-16-17)13(19)15-6-9-18-7-4-2-3-5-8-18/h10H,2-9,14H2,1H3,(H,15,19). The number of nitrogens with one attached hydrogen (secondary N) is 1. The Morgan fingerprint density at radius 3 is 2.63 bits per heavy atom. The van der Waals surface area contributed by atoms with Gasteiger partial charge in [-0.15, -0.1) is 0 Å². The van der Waals surface area contributed by atoms with E-state index in [-0.39, 0.29) is 5.91 Å². The SMILES string of the molecule is Cn1ncc(N)c1C(=O)NCCN1CCCCCC1. The molecule has 1 amide bonds. The Kier molecular flexibility index (Phi) is 4.79. The second-order valence-corrected chi connectivity index (χ2v) is 5.08. The molecular weight excluding hydrogens is 242 g/mol. The molecule has 6 heteroatoms. The molecule has 1 aromatic rings. The van der Waals surface area contributed by atoms with Gasteiger partial charge in [0.15, 0.2) is 0 Å². The number of hydrogen-bond donors (Lipinski definition) is 2. The highest BCUT2D eigenvalue weighted by Gasteiger charge is 2.15. The summed E-state index contributed by atoms with van der Waals surface area (Å²) in [4.78, 5) is 14.4. The van der Waals surface area contributed by atoms with Crippen LogP contribution in [-0.4, -0.2) is 46.8 Å². The van der Waals surface area contributed by atoms with E-state index in [1.807, 2.05) is 0 Å². The van der Waals surface area contributed by atoms with Gasteiger partial charge in [0.25, 0.3) is 5.91 Å². The number of rotatable bonds is 4. The van der Waals surface area contributed by atoms with E-state index in [4.69, 9.17) is 5.73 Å². The van der Waals surface area contributed by atoms with E-state index in [2.05, 4.69) is 15.3 Å². The van der Waals surface area contributed by atoms with Crippen molar-refractivity contribution in [2.24, 2.45) is 7.05 Å². The largest absolute Gasteiger partial charge is 0.396 e. The molecule has 6 nitrogen and oxygen atoms in total. The zero-order chi connectivity index (χ0) is 13.7. The summed E-state index contributed by atoms with van der Waals surface area (Å²) in [5.74, 6) is -0.146. The molecule has 3 N–H and O–H groups in total. The van der Waals surface area contributed by atoms with E-state index in [1.54, 1.807) is 7.05 Å². The van der Waals surface area contributed by atoms with Crippen LogP contribution in [0.2, 0.25) is 0 Å². The minimum absolute atomic E-state index is 0.146. The third kappa shape index (κ3) is 3.70. The maximum atomic E-state index is 12.0. The number of aryl methyl sites for hydroxylation is 1. The summed E-state index contributed by atoms with van der Waals surface area (Å²) in [6.07, 6.45) is 6.69. The highest BCUT2D eigenvalue weighted by atomic mass is 16.2. The fraction of sp³-hybridized carbons (Fsp3) is 0.692. The number of anilines is 1. The van der Waals surface area contributed by atoms with Crippen LogP contribution >= 0.6 is 0 Å². The summed E-state index contributed by atoms with van der Waals surface area (Å²) in [6, 6.07) is 0. The van der Waals surface area contributed by atoms with Crippen LogP contribution in [0, 0.1) is 0 Å². The molecule has 1 fully saturated rings. The average Bonchev–Trinajstić information content (AvgIpc) is 2.60. The normalized spacial score (nSPS) is 17.1. The lowest BCUT2D eigenvalue weighted by Gasteiger charge is -2.19. The van der Waals surface area contributed by atoms with Gasteiger partial charge in [-0.1, -0.05) is 12.8 Å². The van der Waals surface area contributed by atoms with Gasteiger partial charge in [-0.3, -0.25) is 9.48 Å². The number of nitrogens with zero attached hydrogens (tertiary/aromatic N) is 3. The van der Waals surface area contributed by atoms with Gasteiger partial charge >= 0.3 is 0 Å². The van der Waals surface area contributed by atoms with E-state index < -0.39 is 0 Å². The summed E-state index contributed by atoms with van der Waals surface area (Å²) in [5.41, 5.74) is 6.59. The first-order valence-corrected chi connectivity index (χ1v) is 6.96. The zero-order valence-electron chi connectivity index (χ0n) is 11.6. The van der Waals surface area contributed by atoms with Gasteiger partial charge in [0.05, 0.1) is 11.9 Å². The zero-order valence-corrected chi connectivity index (χ0v) is 11.6. The van der Waals surface area contributed by atoms with Crippen molar-refractivity contribution in [1.29, 1.82) is 0 Å². The number of amides is 1. The predicted octanol–water partition coefficient (Wildman–Crippen LogP) is 0.608. The lowest BCUT2D eigenvalue weighted by Crippen LogP contribution is -2.36. The quantitative estimate of drug-likeness (QED) is 0.836. The number of likely N-dealkylation sites (tertiary alicyclic amines) is 1. The van der Waals surface area contributed by atoms with Crippen molar-refractivity contribution in [3.8, 4) is 0 Å². The van der Waals surface area contributed by atoms with Crippen molar-refractivity contribution >= 4 is 11.6 Å². The van der Waals surface area contributed by atoms with Crippen LogP contribution in [0.1, 0.15) is 36.2 Å². The van der Waals surface area contributed by atoms with Gasteiger partial charge in [0.1, 0.15) is 5.69 Å². The molecule has 0 aromatic carbocycles. The van der Waals surface area contributed by atoms with Crippen LogP contribution in [0.3, 0.4) is 0 Å². The molecule has 0 spiro atoms. The third-order valence-electron chi connectivity index (χ3n) is 3.59. The molecule has 1 aliphatic heterocycles. The molecule has 0 saturated carbocycles. The van der Waals surface area contributed by atoms with Crippen LogP contribution in [-0.2, 0) is 7.05 Å². The molecule has 2 rings (SSSR count). The van der Waals surface area contributed by atoms with Crippen molar-refractivity contribution < 1.29 is 4.79 Å². The van der Waals surface area contributed by atoms with Crippen LogP contribution in [0.25, 0.3) is 0 Å². The maximum Gasteiger partial charge on any atom is 0.271 e. The molecule has 0 aliphatic carbocycles. The molecule has 0 radical (unpaired) electrons. The molecule has 0 bridgehead atoms. The van der Waals surface area contributed by atoms with Crippen LogP contribution in [0.5, 0.6) is 0 Å². The number of hydrogen-bond acceptors (Lipinski definition) is 4. The molecule has 0 unspecified atom stereocenters. The van der Waals surface area contributed by atoms with Crippen LogP contribution in [0.15, 0.2) is 6.20 Å². The van der Waals surface area contributed by atoms with E-state index in [0.29, 0.717) is 17.9 Å². The highest BCUT2D eigenvalue weighted by molar-refractivity contribution is 5.97. The summed E-state index contributed by atoms with van der Waals surface area (Å²) < 4.78 is 1.51. The molecule has 19 heavy (non-hydrogen) atoms. The molecule has 1 aromatic heterocycles. The maximum absolute atomic E-state index is 12.0. The van der Waals surface area contributed by atoms with Gasteiger partial charge in [0, 0.05) is 20.1 Å². The van der Waals surface area contributed by atoms with E-state index in [0.717, 1.165) is 19.6 Å². The van der Waals surface area contributed by atoms with Gasteiger partial charge in [-0.2, -0.15) is 5.10 Å². The van der Waals surface area contributed by atoms with Crippen molar-refractivity contribution in [3.63, 3.8) is 0 Å². The Hall–Kier alpha value is -1.56. The van der Waals surface area contributed by atoms with E-state index in [9.17, 15) is 4.79 Å². The second kappa shape index (κ2) is 6.56. The van der Waals surface area contributed by atoms with Gasteiger partial charge in [0.2, 0.25) is 0 Å². The molecule has 106 valence electrons. The number of nitrogen functional groups attached to an aromatic ring is 1. The molecule has 1 aliphatic rings. The van der Waals surface area contributed by atoms with Gasteiger partial charge < -0.3 is 16.0 Å². The second-order valence-electron chi connectivity index (χ2n) is 5.08. The molecular formula is C13H23N5O. The van der Waals surface area contributed by atoms with E-state index >= 15 is 0 Å². The van der Waals surface area contributed by atoms with Gasteiger partial charge in [-0.25, -0.2) is 0 Å². The fourth-order valence-electron chi connectivity index (χ4n) is 2.50. The monoisotopic (exact) mass is 265 g/mol. The molecule has 2 heterocycles. The first-order valence-electron chi connectivity index (χ1n) is 6.96. The predicted molar refractivity (Wildman–Crippen MR) is 74.9 cm³/mol. The lowest BCUT2D eigenvalue weighted by atomic mass is 10.2. The summed E-state index contributed by atoms with van der Waals surface area (Å²) in [5, 5.41) is 6.88. The Morgan fingerprint density at radius 2 is 2.05 bits per heavy atom. The first-order chi connectivity index (χ1) is 9.18. The summed E-state index contributed by atoms with van der Waals surface area (Å²) in [7, 11) is 1.72. The smallest absolute Gasteiger partial charge is 0.271 e. The third-order valence-corrected chi connectivity index (χ3v) is 3.59. The minimum atomic E-state index is -0.146. The van der Waals surface area contributed by atoms with Crippen molar-refractivity contribution in [1.82, 2.24) is 20.0 Å². The Bertz CT molecular complexity index is 401. The fourth-order valence-corrected chi connectivity index (χ4v) is 2.50. The molecule has 1 saturated heterocycles. The Labute approximate surface area is 113 Å². The summed E-state index contributed by atoms with van der Waals surface area (Å²) in [6.45, 7) is 3.85. The first kappa shape index (κ1) is 13.9. The number of carbonyl (C=O) groups excluding carboxylic acids is 1. The highest BCUT2D eigenvalue weighted by Crippen LogP contribution is 2.10. The van der Waals surface area contributed by atoms with E-state index in [1.165, 1.54) is 36.6 Å². The van der Waals surface area contributed by atoms with Crippen molar-refractivity contribution in [3.05, 3.63) is 11.9 Å². The number of carbonyl (C=O) groups is 1. The van der Waals surface area contributed by atoms with Crippen molar-refractivity contribution in [2.45, 2.75) is 25.7 Å². The van der Waals surface area contributed by atoms with Crippen LogP contribution < -0.4 is 11.1 Å². The van der Waals surface area contributed by atoms with Crippen molar-refractivity contribution in [2.75, 3.05) is 31.9 Å². The van der Waals surface area contributed by atoms with Gasteiger partial charge in [-0.05, 0) is 25.9 Å². The Morgan fingerprint density at radius 1 is 1.37 bits per heavy atom. The van der Waals surface area contributed by atoms with Crippen LogP contribution in [0.4, 0.5) is 5.69 Å². The topological polar surface area (TPSA) is 76.2 Å². The summed E-state index contributed by atoms with van der Waals surface area (Å²) >= 11 is 0. The lowest BCUT2D eigenvalue weighted by molar-refractivity contribution is 0.0940. The minimum Gasteiger partial charge on any atom is -0.396 e.